The molecule has 1 saturated heterocycles. The van der Waals surface area contributed by atoms with Crippen LogP contribution in [0.25, 0.3) is 0 Å². The molecule has 3 aromatic carbocycles. The quantitative estimate of drug-likeness (QED) is 0.606. The van der Waals surface area contributed by atoms with E-state index in [9.17, 15) is 9.46 Å². The lowest BCUT2D eigenvalue weighted by Gasteiger charge is -2.40. The minimum Gasteiger partial charge on any atom is -0.413 e. The molecule has 29 heavy (non-hydrogen) atoms. The van der Waals surface area contributed by atoms with Crippen LogP contribution in [0.1, 0.15) is 17.2 Å². The van der Waals surface area contributed by atoms with Crippen LogP contribution < -0.4 is 4.52 Å². The highest BCUT2D eigenvalue weighted by Gasteiger charge is 2.36. The molecule has 1 N–H and O–H groups in total. The molecule has 1 unspecified atom stereocenters. The van der Waals surface area contributed by atoms with Crippen molar-refractivity contribution in [2.45, 2.75) is 6.04 Å². The predicted molar refractivity (Wildman–Crippen MR) is 115 cm³/mol. The van der Waals surface area contributed by atoms with Gasteiger partial charge in [0.15, 0.2) is 0 Å². The molecule has 1 aliphatic rings. The van der Waals surface area contributed by atoms with Crippen LogP contribution in [0.2, 0.25) is 0 Å². The number of benzene rings is 3. The van der Waals surface area contributed by atoms with Gasteiger partial charge in [-0.05, 0) is 23.3 Å². The second kappa shape index (κ2) is 8.93. The number of hydrogen-bond donors (Lipinski definition) is 1. The molecule has 0 amide bonds. The Morgan fingerprint density at radius 1 is 0.724 bits per heavy atom. The summed E-state index contributed by atoms with van der Waals surface area (Å²) in [5.74, 6) is 0.409. The average molecular weight is 408 g/mol. The third-order valence-electron chi connectivity index (χ3n) is 5.21. The van der Waals surface area contributed by atoms with Crippen LogP contribution in [0.15, 0.2) is 91.0 Å². The summed E-state index contributed by atoms with van der Waals surface area (Å²) < 4.78 is 19.8. The highest BCUT2D eigenvalue weighted by Crippen LogP contribution is 2.47. The zero-order valence-corrected chi connectivity index (χ0v) is 17.1. The van der Waals surface area contributed by atoms with Crippen LogP contribution in [0.3, 0.4) is 0 Å². The average Bonchev–Trinajstić information content (AvgIpc) is 2.76. The van der Waals surface area contributed by atoms with Gasteiger partial charge in [0.2, 0.25) is 0 Å². The van der Waals surface area contributed by atoms with Gasteiger partial charge in [-0.3, -0.25) is 4.90 Å². The molecular formula is C23H25N2O3P. The largest absolute Gasteiger partial charge is 0.458 e. The Morgan fingerprint density at radius 3 is 1.66 bits per heavy atom. The lowest BCUT2D eigenvalue weighted by molar-refractivity contribution is 0.137. The summed E-state index contributed by atoms with van der Waals surface area (Å²) >= 11 is 0. The third kappa shape index (κ3) is 4.77. The van der Waals surface area contributed by atoms with E-state index in [-0.39, 0.29) is 6.04 Å². The molecule has 3 aromatic rings. The zero-order valence-electron chi connectivity index (χ0n) is 16.2. The number of piperazine rings is 1. The molecule has 0 bridgehead atoms. The van der Waals surface area contributed by atoms with E-state index in [0.717, 1.165) is 0 Å². The Balaban J connectivity index is 1.49. The maximum atomic E-state index is 12.8. The maximum Gasteiger partial charge on any atom is 0.458 e. The van der Waals surface area contributed by atoms with Crippen LogP contribution in [-0.2, 0) is 4.57 Å². The first kappa shape index (κ1) is 19.9. The Labute approximate surface area is 171 Å². The maximum absolute atomic E-state index is 12.8. The molecular weight excluding hydrogens is 383 g/mol. The van der Waals surface area contributed by atoms with Gasteiger partial charge in [0.05, 0.1) is 6.04 Å². The van der Waals surface area contributed by atoms with E-state index < -0.39 is 7.75 Å². The third-order valence-corrected chi connectivity index (χ3v) is 6.77. The van der Waals surface area contributed by atoms with Crippen LogP contribution in [0.5, 0.6) is 5.75 Å². The molecule has 0 aromatic heterocycles. The molecule has 0 spiro atoms. The summed E-state index contributed by atoms with van der Waals surface area (Å²) in [4.78, 5) is 12.9. The van der Waals surface area contributed by atoms with E-state index in [0.29, 0.717) is 31.9 Å². The molecule has 1 aliphatic heterocycles. The molecule has 150 valence electrons. The van der Waals surface area contributed by atoms with Crippen molar-refractivity contribution in [3.05, 3.63) is 102 Å². The standard InChI is InChI=1S/C23H25N2O3P/c26-29(27,28-22-14-8-3-9-15-22)25-18-16-24(17-19-25)23(20-10-4-1-5-11-20)21-12-6-2-7-13-21/h1-15,23H,16-19H2,(H,26,27). The second-order valence-electron chi connectivity index (χ2n) is 7.11. The van der Waals surface area contributed by atoms with Crippen LogP contribution in [-0.4, -0.2) is 40.6 Å². The van der Waals surface area contributed by atoms with E-state index in [1.165, 1.54) is 11.1 Å². The Hall–Kier alpha value is -2.43. The Morgan fingerprint density at radius 2 is 1.17 bits per heavy atom. The van der Waals surface area contributed by atoms with Crippen molar-refractivity contribution in [1.29, 1.82) is 0 Å². The van der Waals surface area contributed by atoms with E-state index in [2.05, 4.69) is 53.4 Å². The van der Waals surface area contributed by atoms with Crippen molar-refractivity contribution < 1.29 is 14.0 Å². The lowest BCUT2D eigenvalue weighted by Crippen LogP contribution is -2.46. The fraction of sp³-hybridized carbons (Fsp3) is 0.217. The van der Waals surface area contributed by atoms with Gasteiger partial charge in [-0.1, -0.05) is 78.9 Å². The first-order valence-electron chi connectivity index (χ1n) is 9.80. The minimum absolute atomic E-state index is 0.118. The lowest BCUT2D eigenvalue weighted by atomic mass is 9.96. The number of para-hydroxylation sites is 1. The molecule has 0 aliphatic carbocycles. The highest BCUT2D eigenvalue weighted by atomic mass is 31.2. The van der Waals surface area contributed by atoms with E-state index in [1.54, 1.807) is 28.9 Å². The topological polar surface area (TPSA) is 53.0 Å². The Bertz CT molecular complexity index is 906. The highest BCUT2D eigenvalue weighted by molar-refractivity contribution is 7.50. The number of nitrogens with zero attached hydrogens (tertiary/aromatic N) is 2. The minimum atomic E-state index is -3.88. The van der Waals surface area contributed by atoms with Gasteiger partial charge in [-0.25, -0.2) is 4.57 Å². The molecule has 5 nitrogen and oxygen atoms in total. The van der Waals surface area contributed by atoms with Crippen molar-refractivity contribution in [1.82, 2.24) is 9.57 Å². The van der Waals surface area contributed by atoms with Crippen LogP contribution in [0, 0.1) is 0 Å². The summed E-state index contributed by atoms with van der Waals surface area (Å²) in [6.45, 7) is 2.29. The van der Waals surface area contributed by atoms with Crippen molar-refractivity contribution in [2.24, 2.45) is 0 Å². The van der Waals surface area contributed by atoms with Crippen molar-refractivity contribution in [2.75, 3.05) is 26.2 Å². The van der Waals surface area contributed by atoms with Gasteiger partial charge in [0, 0.05) is 26.2 Å². The van der Waals surface area contributed by atoms with Gasteiger partial charge in [0.1, 0.15) is 5.75 Å². The van der Waals surface area contributed by atoms with Gasteiger partial charge in [-0.15, -0.1) is 0 Å². The molecule has 6 heteroatoms. The molecule has 1 heterocycles. The first-order chi connectivity index (χ1) is 14.1. The van der Waals surface area contributed by atoms with E-state index in [4.69, 9.17) is 4.52 Å². The Kier molecular flexibility index (Phi) is 6.12. The van der Waals surface area contributed by atoms with Crippen molar-refractivity contribution in [3.8, 4) is 5.75 Å². The van der Waals surface area contributed by atoms with Gasteiger partial charge in [0.25, 0.3) is 0 Å². The van der Waals surface area contributed by atoms with Gasteiger partial charge >= 0.3 is 7.75 Å². The monoisotopic (exact) mass is 408 g/mol. The summed E-state index contributed by atoms with van der Waals surface area (Å²) in [5, 5.41) is 0. The van der Waals surface area contributed by atoms with Gasteiger partial charge < -0.3 is 9.42 Å². The number of rotatable bonds is 6. The van der Waals surface area contributed by atoms with Crippen LogP contribution in [0.4, 0.5) is 0 Å². The molecule has 0 saturated carbocycles. The second-order valence-corrected chi connectivity index (χ2v) is 8.84. The number of hydrogen-bond acceptors (Lipinski definition) is 3. The molecule has 0 radical (unpaired) electrons. The summed E-state index contributed by atoms with van der Waals surface area (Å²) in [7, 11) is -3.88. The first-order valence-corrected chi connectivity index (χ1v) is 11.3. The fourth-order valence-corrected chi connectivity index (χ4v) is 4.98. The van der Waals surface area contributed by atoms with E-state index in [1.807, 2.05) is 18.2 Å². The summed E-state index contributed by atoms with van der Waals surface area (Å²) in [6.07, 6.45) is 0. The SMILES string of the molecule is O=P(O)(Oc1ccccc1)N1CCN(C(c2ccccc2)c2ccccc2)CC1. The van der Waals surface area contributed by atoms with Crippen molar-refractivity contribution in [3.63, 3.8) is 0 Å². The molecule has 1 atom stereocenters. The van der Waals surface area contributed by atoms with E-state index >= 15 is 0 Å². The predicted octanol–water partition coefficient (Wildman–Crippen LogP) is 4.57. The normalized spacial score (nSPS) is 17.7. The fourth-order valence-electron chi connectivity index (χ4n) is 3.78. The van der Waals surface area contributed by atoms with Crippen LogP contribution >= 0.6 is 7.75 Å². The molecule has 1 fully saturated rings. The summed E-state index contributed by atoms with van der Waals surface area (Å²) in [5.41, 5.74) is 2.44. The molecule has 4 rings (SSSR count). The van der Waals surface area contributed by atoms with Crippen molar-refractivity contribution >= 4 is 7.75 Å². The summed E-state index contributed by atoms with van der Waals surface area (Å²) in [6, 6.07) is 29.7. The zero-order chi connectivity index (χ0) is 20.1. The smallest absolute Gasteiger partial charge is 0.413 e. The van der Waals surface area contributed by atoms with Gasteiger partial charge in [-0.2, -0.15) is 4.67 Å².